The van der Waals surface area contributed by atoms with E-state index in [9.17, 15) is 8.42 Å². The molecule has 0 bridgehead atoms. The second-order valence-electron chi connectivity index (χ2n) is 3.10. The molecule has 15 heavy (non-hydrogen) atoms. The molecule has 0 heterocycles. The van der Waals surface area contributed by atoms with Crippen molar-refractivity contribution in [1.82, 2.24) is 4.72 Å². The van der Waals surface area contributed by atoms with Crippen LogP contribution < -0.4 is 10.5 Å². The van der Waals surface area contributed by atoms with Crippen molar-refractivity contribution in [3.63, 3.8) is 0 Å². The Morgan fingerprint density at radius 3 is 2.73 bits per heavy atom. The van der Waals surface area contributed by atoms with Crippen molar-refractivity contribution in [3.05, 3.63) is 28.8 Å². The zero-order chi connectivity index (χ0) is 11.5. The first-order valence-electron chi connectivity index (χ1n) is 4.43. The average Bonchev–Trinajstić information content (AvgIpc) is 2.18. The van der Waals surface area contributed by atoms with E-state index in [-0.39, 0.29) is 18.0 Å². The van der Waals surface area contributed by atoms with Gasteiger partial charge in [-0.1, -0.05) is 17.7 Å². The molecular formula is C9H13ClN2O2S. The van der Waals surface area contributed by atoms with Gasteiger partial charge in [-0.15, -0.1) is 0 Å². The van der Waals surface area contributed by atoms with Crippen molar-refractivity contribution in [1.29, 1.82) is 0 Å². The molecule has 0 atom stereocenters. The zero-order valence-corrected chi connectivity index (χ0v) is 9.90. The predicted molar refractivity (Wildman–Crippen MR) is 60.4 cm³/mol. The SMILES string of the molecule is Cc1ccc(Cl)cc1S(=O)(=O)NCCN. The van der Waals surface area contributed by atoms with Gasteiger partial charge in [-0.2, -0.15) is 0 Å². The lowest BCUT2D eigenvalue weighted by molar-refractivity contribution is 0.581. The van der Waals surface area contributed by atoms with Crippen LogP contribution in [0, 0.1) is 6.92 Å². The fraction of sp³-hybridized carbons (Fsp3) is 0.333. The van der Waals surface area contributed by atoms with Crippen LogP contribution in [0.15, 0.2) is 23.1 Å². The summed E-state index contributed by atoms with van der Waals surface area (Å²) in [5, 5.41) is 0.397. The third-order valence-corrected chi connectivity index (χ3v) is 3.71. The summed E-state index contributed by atoms with van der Waals surface area (Å²) in [7, 11) is -3.49. The van der Waals surface area contributed by atoms with Crippen LogP contribution in [0.5, 0.6) is 0 Å². The van der Waals surface area contributed by atoms with E-state index >= 15 is 0 Å². The molecule has 0 aromatic heterocycles. The van der Waals surface area contributed by atoms with Crippen molar-refractivity contribution >= 4 is 21.6 Å². The van der Waals surface area contributed by atoms with E-state index in [4.69, 9.17) is 17.3 Å². The highest BCUT2D eigenvalue weighted by atomic mass is 35.5. The zero-order valence-electron chi connectivity index (χ0n) is 8.33. The highest BCUT2D eigenvalue weighted by molar-refractivity contribution is 7.89. The van der Waals surface area contributed by atoms with E-state index in [1.807, 2.05) is 0 Å². The van der Waals surface area contributed by atoms with Crippen molar-refractivity contribution in [2.24, 2.45) is 5.73 Å². The number of hydrogen-bond acceptors (Lipinski definition) is 3. The molecule has 0 saturated carbocycles. The number of benzene rings is 1. The van der Waals surface area contributed by atoms with Gasteiger partial charge in [-0.25, -0.2) is 13.1 Å². The van der Waals surface area contributed by atoms with Gasteiger partial charge in [0.15, 0.2) is 0 Å². The standard InChI is InChI=1S/C9H13ClN2O2S/c1-7-2-3-8(10)6-9(7)15(13,14)12-5-4-11/h2-3,6,12H,4-5,11H2,1H3. The summed E-state index contributed by atoms with van der Waals surface area (Å²) in [5.74, 6) is 0. The first-order valence-corrected chi connectivity index (χ1v) is 6.29. The molecule has 0 aliphatic carbocycles. The van der Waals surface area contributed by atoms with Gasteiger partial charge in [-0.05, 0) is 24.6 Å². The topological polar surface area (TPSA) is 72.2 Å². The van der Waals surface area contributed by atoms with Gasteiger partial charge in [0.05, 0.1) is 4.90 Å². The molecule has 0 fully saturated rings. The second kappa shape index (κ2) is 4.94. The second-order valence-corrected chi connectivity index (χ2v) is 5.27. The number of aryl methyl sites for hydroxylation is 1. The Kier molecular flexibility index (Phi) is 4.10. The molecule has 0 aliphatic rings. The monoisotopic (exact) mass is 248 g/mol. The Hall–Kier alpha value is -0.620. The maximum Gasteiger partial charge on any atom is 0.240 e. The van der Waals surface area contributed by atoms with Gasteiger partial charge in [-0.3, -0.25) is 0 Å². The molecule has 0 saturated heterocycles. The van der Waals surface area contributed by atoms with Gasteiger partial charge in [0.1, 0.15) is 0 Å². The quantitative estimate of drug-likeness (QED) is 0.831. The summed E-state index contributed by atoms with van der Waals surface area (Å²) >= 11 is 5.74. The summed E-state index contributed by atoms with van der Waals surface area (Å²) in [4.78, 5) is 0.198. The van der Waals surface area contributed by atoms with E-state index in [0.717, 1.165) is 0 Å². The van der Waals surface area contributed by atoms with Crippen LogP contribution >= 0.6 is 11.6 Å². The fourth-order valence-electron chi connectivity index (χ4n) is 1.13. The van der Waals surface area contributed by atoms with Crippen LogP contribution in [-0.4, -0.2) is 21.5 Å². The summed E-state index contributed by atoms with van der Waals surface area (Å²) in [6, 6.07) is 4.74. The fourth-order valence-corrected chi connectivity index (χ4v) is 2.69. The number of nitrogens with two attached hydrogens (primary N) is 1. The van der Waals surface area contributed by atoms with Gasteiger partial charge >= 0.3 is 0 Å². The minimum atomic E-state index is -3.49. The number of halogens is 1. The molecule has 1 aromatic rings. The van der Waals surface area contributed by atoms with Crippen molar-refractivity contribution in [2.75, 3.05) is 13.1 Å². The van der Waals surface area contributed by atoms with Crippen LogP contribution in [0.3, 0.4) is 0 Å². The molecule has 0 radical (unpaired) electrons. The first kappa shape index (κ1) is 12.4. The van der Waals surface area contributed by atoms with E-state index in [1.165, 1.54) is 6.07 Å². The van der Waals surface area contributed by atoms with Crippen molar-refractivity contribution < 1.29 is 8.42 Å². The minimum Gasteiger partial charge on any atom is -0.329 e. The third kappa shape index (κ3) is 3.17. The lowest BCUT2D eigenvalue weighted by Gasteiger charge is -2.08. The smallest absolute Gasteiger partial charge is 0.240 e. The van der Waals surface area contributed by atoms with E-state index in [2.05, 4.69) is 4.72 Å². The summed E-state index contributed by atoms with van der Waals surface area (Å²) in [6.45, 7) is 2.19. The summed E-state index contributed by atoms with van der Waals surface area (Å²) in [5.41, 5.74) is 5.89. The van der Waals surface area contributed by atoms with Gasteiger partial charge in [0, 0.05) is 18.1 Å². The van der Waals surface area contributed by atoms with Gasteiger partial charge in [0.2, 0.25) is 10.0 Å². The molecule has 1 rings (SSSR count). The first-order chi connectivity index (χ1) is 6.97. The predicted octanol–water partition coefficient (Wildman–Crippen LogP) is 0.885. The Morgan fingerprint density at radius 1 is 1.47 bits per heavy atom. The van der Waals surface area contributed by atoms with Crippen LogP contribution in [0.4, 0.5) is 0 Å². The molecule has 3 N–H and O–H groups in total. The normalized spacial score (nSPS) is 11.7. The lowest BCUT2D eigenvalue weighted by atomic mass is 10.2. The molecule has 4 nitrogen and oxygen atoms in total. The minimum absolute atomic E-state index is 0.198. The highest BCUT2D eigenvalue weighted by Gasteiger charge is 2.15. The van der Waals surface area contributed by atoms with Gasteiger partial charge < -0.3 is 5.73 Å². The van der Waals surface area contributed by atoms with Gasteiger partial charge in [0.25, 0.3) is 0 Å². The number of sulfonamides is 1. The highest BCUT2D eigenvalue weighted by Crippen LogP contribution is 2.19. The Balaban J connectivity index is 3.09. The molecule has 6 heteroatoms. The third-order valence-electron chi connectivity index (χ3n) is 1.88. The van der Waals surface area contributed by atoms with E-state index in [1.54, 1.807) is 19.1 Å². The van der Waals surface area contributed by atoms with Crippen molar-refractivity contribution in [2.45, 2.75) is 11.8 Å². The van der Waals surface area contributed by atoms with Crippen LogP contribution in [0.25, 0.3) is 0 Å². The average molecular weight is 249 g/mol. The number of hydrogen-bond donors (Lipinski definition) is 2. The summed E-state index contributed by atoms with van der Waals surface area (Å²) in [6.07, 6.45) is 0. The molecule has 0 amide bonds. The maximum atomic E-state index is 11.7. The number of rotatable bonds is 4. The van der Waals surface area contributed by atoms with Crippen LogP contribution in [0.2, 0.25) is 5.02 Å². The molecule has 0 unspecified atom stereocenters. The van der Waals surface area contributed by atoms with Crippen molar-refractivity contribution in [3.8, 4) is 0 Å². The maximum absolute atomic E-state index is 11.7. The lowest BCUT2D eigenvalue weighted by Crippen LogP contribution is -2.29. The Bertz CT molecular complexity index is 445. The molecule has 1 aromatic carbocycles. The summed E-state index contributed by atoms with van der Waals surface area (Å²) < 4.78 is 25.9. The van der Waals surface area contributed by atoms with Crippen LogP contribution in [-0.2, 0) is 10.0 Å². The van der Waals surface area contributed by atoms with Crippen LogP contribution in [0.1, 0.15) is 5.56 Å². The molecular weight excluding hydrogens is 236 g/mol. The number of nitrogens with one attached hydrogen (secondary N) is 1. The van der Waals surface area contributed by atoms with E-state index in [0.29, 0.717) is 10.6 Å². The Labute approximate surface area is 94.5 Å². The van der Waals surface area contributed by atoms with E-state index < -0.39 is 10.0 Å². The molecule has 0 spiro atoms. The molecule has 84 valence electrons. The Morgan fingerprint density at radius 2 is 2.13 bits per heavy atom. The molecule has 0 aliphatic heterocycles. The largest absolute Gasteiger partial charge is 0.329 e.